The van der Waals surface area contributed by atoms with Crippen LogP contribution in [0.2, 0.25) is 0 Å². The van der Waals surface area contributed by atoms with Gasteiger partial charge < -0.3 is 21.5 Å². The van der Waals surface area contributed by atoms with E-state index in [1.54, 1.807) is 13.8 Å². The van der Waals surface area contributed by atoms with E-state index in [1.165, 1.54) is 0 Å². The molecule has 0 spiro atoms. The maximum Gasteiger partial charge on any atom is 0.314 e. The molecule has 0 fully saturated rings. The number of primary amides is 1. The van der Waals surface area contributed by atoms with Gasteiger partial charge in [-0.2, -0.15) is 0 Å². The quantitative estimate of drug-likeness (QED) is 0.559. The van der Waals surface area contributed by atoms with Crippen molar-refractivity contribution in [1.29, 1.82) is 0 Å². The van der Waals surface area contributed by atoms with Gasteiger partial charge in [-0.1, -0.05) is 20.8 Å². The molecule has 7 heteroatoms. The number of aliphatic carboxylic acids is 1. The predicted octanol–water partition coefficient (Wildman–Crippen LogP) is 0.934. The molecule has 122 valence electrons. The maximum atomic E-state index is 11.6. The third kappa shape index (κ3) is 8.16. The normalized spacial score (nSPS) is 13.4. The summed E-state index contributed by atoms with van der Waals surface area (Å²) in [6, 6.07) is -0.510. The molecule has 0 rings (SSSR count). The Balaban J connectivity index is 4.33. The summed E-state index contributed by atoms with van der Waals surface area (Å²) in [5.74, 6) is -2.11. The molecule has 0 aromatic rings. The third-order valence-corrected chi connectivity index (χ3v) is 3.07. The van der Waals surface area contributed by atoms with E-state index in [2.05, 4.69) is 10.6 Å². The van der Waals surface area contributed by atoms with Gasteiger partial charge in [0, 0.05) is 13.1 Å². The number of carboxylic acids is 1. The van der Waals surface area contributed by atoms with Gasteiger partial charge in [0.15, 0.2) is 0 Å². The van der Waals surface area contributed by atoms with Crippen LogP contribution in [0.5, 0.6) is 0 Å². The fourth-order valence-electron chi connectivity index (χ4n) is 1.65. The summed E-state index contributed by atoms with van der Waals surface area (Å²) in [6.07, 6.45) is 0.454. The first-order chi connectivity index (χ1) is 9.35. The average molecular weight is 301 g/mol. The Morgan fingerprint density at radius 3 is 2.00 bits per heavy atom. The number of nitrogens with two attached hydrogens (primary N) is 1. The molecule has 0 saturated heterocycles. The van der Waals surface area contributed by atoms with E-state index in [4.69, 9.17) is 10.8 Å². The lowest BCUT2D eigenvalue weighted by Gasteiger charge is -2.24. The molecule has 5 N–H and O–H groups in total. The average Bonchev–Trinajstić information content (AvgIpc) is 2.30. The van der Waals surface area contributed by atoms with Gasteiger partial charge in [-0.05, 0) is 25.7 Å². The number of rotatable bonds is 7. The Labute approximate surface area is 125 Å². The molecule has 21 heavy (non-hydrogen) atoms. The van der Waals surface area contributed by atoms with Crippen molar-refractivity contribution in [2.75, 3.05) is 13.1 Å². The van der Waals surface area contributed by atoms with Crippen molar-refractivity contribution in [3.05, 3.63) is 0 Å². The zero-order valence-electron chi connectivity index (χ0n) is 13.4. The van der Waals surface area contributed by atoms with E-state index in [-0.39, 0.29) is 18.5 Å². The van der Waals surface area contributed by atoms with Gasteiger partial charge in [-0.15, -0.1) is 0 Å². The van der Waals surface area contributed by atoms with E-state index in [1.807, 2.05) is 20.8 Å². The first-order valence-electron chi connectivity index (χ1n) is 6.89. The van der Waals surface area contributed by atoms with Gasteiger partial charge in [-0.3, -0.25) is 9.59 Å². The van der Waals surface area contributed by atoms with Gasteiger partial charge in [0.2, 0.25) is 5.91 Å². The van der Waals surface area contributed by atoms with E-state index in [0.717, 1.165) is 0 Å². The highest BCUT2D eigenvalue weighted by molar-refractivity contribution is 5.81. The number of carbonyl (C=O) groups is 3. The standard InChI is InChI=1S/C14H27N3O4/c1-13(2,3)6-9(10(18)19)7-16-12(21)17-8-14(4,5)11(15)20/h9H,6-8H2,1-5H3,(H2,15,20)(H,18,19)(H2,16,17,21). The van der Waals surface area contributed by atoms with E-state index in [9.17, 15) is 14.4 Å². The van der Waals surface area contributed by atoms with Gasteiger partial charge in [0.1, 0.15) is 0 Å². The second kappa shape index (κ2) is 7.28. The minimum atomic E-state index is -0.942. The summed E-state index contributed by atoms with van der Waals surface area (Å²) in [5.41, 5.74) is 4.20. The van der Waals surface area contributed by atoms with Crippen molar-refractivity contribution in [1.82, 2.24) is 10.6 Å². The molecule has 0 bridgehead atoms. The van der Waals surface area contributed by atoms with Crippen molar-refractivity contribution < 1.29 is 19.5 Å². The van der Waals surface area contributed by atoms with Crippen LogP contribution >= 0.6 is 0 Å². The third-order valence-electron chi connectivity index (χ3n) is 3.07. The largest absolute Gasteiger partial charge is 0.481 e. The highest BCUT2D eigenvalue weighted by Crippen LogP contribution is 2.24. The van der Waals surface area contributed by atoms with Crippen LogP contribution in [-0.2, 0) is 9.59 Å². The van der Waals surface area contributed by atoms with Crippen molar-refractivity contribution in [2.45, 2.75) is 41.0 Å². The molecule has 1 unspecified atom stereocenters. The molecule has 0 saturated carbocycles. The molecule has 3 amide bonds. The Hall–Kier alpha value is -1.79. The second-order valence-electron chi connectivity index (χ2n) is 7.11. The lowest BCUT2D eigenvalue weighted by atomic mass is 9.84. The minimum Gasteiger partial charge on any atom is -0.481 e. The summed E-state index contributed by atoms with van der Waals surface area (Å²) in [6.45, 7) is 9.19. The fourth-order valence-corrected chi connectivity index (χ4v) is 1.65. The molecule has 0 radical (unpaired) electrons. The molecule has 0 aliphatic carbocycles. The molecular formula is C14H27N3O4. The smallest absolute Gasteiger partial charge is 0.314 e. The fraction of sp³-hybridized carbons (Fsp3) is 0.786. The van der Waals surface area contributed by atoms with Crippen molar-refractivity contribution >= 4 is 17.9 Å². The summed E-state index contributed by atoms with van der Waals surface area (Å²) >= 11 is 0. The number of carboxylic acid groups (broad SMARTS) is 1. The van der Waals surface area contributed by atoms with E-state index >= 15 is 0 Å². The topological polar surface area (TPSA) is 122 Å². The molecule has 0 heterocycles. The number of hydrogen-bond donors (Lipinski definition) is 4. The van der Waals surface area contributed by atoms with Crippen LogP contribution in [0.3, 0.4) is 0 Å². The van der Waals surface area contributed by atoms with Gasteiger partial charge >= 0.3 is 12.0 Å². The number of nitrogens with one attached hydrogen (secondary N) is 2. The highest BCUT2D eigenvalue weighted by Gasteiger charge is 2.27. The summed E-state index contributed by atoms with van der Waals surface area (Å²) < 4.78 is 0. The van der Waals surface area contributed by atoms with Gasteiger partial charge in [0.25, 0.3) is 0 Å². The Kier molecular flexibility index (Phi) is 6.66. The second-order valence-corrected chi connectivity index (χ2v) is 7.11. The number of carbonyl (C=O) groups excluding carboxylic acids is 2. The summed E-state index contributed by atoms with van der Waals surface area (Å²) in [5, 5.41) is 14.2. The Morgan fingerprint density at radius 2 is 1.62 bits per heavy atom. The summed E-state index contributed by atoms with van der Waals surface area (Å²) in [7, 11) is 0. The van der Waals surface area contributed by atoms with Crippen LogP contribution in [0.15, 0.2) is 0 Å². The molecule has 0 aliphatic rings. The maximum absolute atomic E-state index is 11.6. The van der Waals surface area contributed by atoms with Gasteiger partial charge in [-0.25, -0.2) is 4.79 Å². The van der Waals surface area contributed by atoms with Crippen LogP contribution in [0.25, 0.3) is 0 Å². The van der Waals surface area contributed by atoms with Crippen LogP contribution in [0.4, 0.5) is 4.79 Å². The molecule has 0 aromatic heterocycles. The number of amides is 3. The molecular weight excluding hydrogens is 274 g/mol. The van der Waals surface area contributed by atoms with Crippen LogP contribution in [0.1, 0.15) is 41.0 Å². The monoisotopic (exact) mass is 301 g/mol. The Bertz CT molecular complexity index is 400. The van der Waals surface area contributed by atoms with Crippen LogP contribution in [-0.4, -0.2) is 36.1 Å². The first-order valence-corrected chi connectivity index (χ1v) is 6.89. The number of urea groups is 1. The van der Waals surface area contributed by atoms with Crippen LogP contribution < -0.4 is 16.4 Å². The number of hydrogen-bond acceptors (Lipinski definition) is 3. The Morgan fingerprint density at radius 1 is 1.10 bits per heavy atom. The van der Waals surface area contributed by atoms with Crippen molar-refractivity contribution in [2.24, 2.45) is 22.5 Å². The zero-order chi connectivity index (χ0) is 16.8. The molecule has 7 nitrogen and oxygen atoms in total. The molecule has 1 atom stereocenters. The first kappa shape index (κ1) is 19.2. The van der Waals surface area contributed by atoms with E-state index in [0.29, 0.717) is 6.42 Å². The van der Waals surface area contributed by atoms with Crippen molar-refractivity contribution in [3.63, 3.8) is 0 Å². The lowest BCUT2D eigenvalue weighted by Crippen LogP contribution is -2.47. The highest BCUT2D eigenvalue weighted by atomic mass is 16.4. The predicted molar refractivity (Wildman–Crippen MR) is 79.6 cm³/mol. The molecule has 0 aromatic carbocycles. The van der Waals surface area contributed by atoms with E-state index < -0.39 is 29.2 Å². The minimum absolute atomic E-state index is 0.0371. The zero-order valence-corrected chi connectivity index (χ0v) is 13.4. The SMILES string of the molecule is CC(C)(C)CC(CNC(=O)NCC(C)(C)C(N)=O)C(=O)O. The molecule has 0 aliphatic heterocycles. The lowest BCUT2D eigenvalue weighted by molar-refractivity contribution is -0.142. The van der Waals surface area contributed by atoms with Crippen molar-refractivity contribution in [3.8, 4) is 0 Å². The summed E-state index contributed by atoms with van der Waals surface area (Å²) in [4.78, 5) is 33.9. The van der Waals surface area contributed by atoms with Gasteiger partial charge in [0.05, 0.1) is 11.3 Å². The van der Waals surface area contributed by atoms with Crippen LogP contribution in [0, 0.1) is 16.7 Å².